The number of para-hydroxylation sites is 1. The third-order valence-corrected chi connectivity index (χ3v) is 3.98. The van der Waals surface area contributed by atoms with Crippen LogP contribution < -0.4 is 11.5 Å². The molecule has 0 radical (unpaired) electrons. The molecule has 0 aliphatic carbocycles. The van der Waals surface area contributed by atoms with Gasteiger partial charge in [0.2, 0.25) is 5.91 Å². The molecule has 1 unspecified atom stereocenters. The quantitative estimate of drug-likeness (QED) is 0.793. The van der Waals surface area contributed by atoms with Gasteiger partial charge in [-0.15, -0.1) is 0 Å². The third kappa shape index (κ3) is 3.33. The van der Waals surface area contributed by atoms with E-state index in [1.54, 1.807) is 6.92 Å². The van der Waals surface area contributed by atoms with Crippen LogP contribution in [0.1, 0.15) is 46.7 Å². The van der Waals surface area contributed by atoms with E-state index in [2.05, 4.69) is 0 Å². The normalized spacial score (nSPS) is 12.0. The average Bonchev–Trinajstić information content (AvgIpc) is 2.78. The second kappa shape index (κ2) is 7.31. The van der Waals surface area contributed by atoms with Crippen molar-refractivity contribution in [3.63, 3.8) is 0 Å². The van der Waals surface area contributed by atoms with Crippen LogP contribution in [0.3, 0.4) is 0 Å². The maximum atomic E-state index is 12.5. The van der Waals surface area contributed by atoms with Gasteiger partial charge in [0, 0.05) is 35.1 Å². The first-order chi connectivity index (χ1) is 11.4. The fourth-order valence-electron chi connectivity index (χ4n) is 3.06. The monoisotopic (exact) mass is 329 g/mol. The van der Waals surface area contributed by atoms with Crippen molar-refractivity contribution in [1.82, 2.24) is 4.57 Å². The van der Waals surface area contributed by atoms with Crippen LogP contribution in [-0.2, 0) is 9.53 Å². The van der Waals surface area contributed by atoms with Gasteiger partial charge >= 0.3 is 5.97 Å². The van der Waals surface area contributed by atoms with E-state index in [1.807, 2.05) is 48.7 Å². The molecule has 128 valence electrons. The number of amides is 1. The van der Waals surface area contributed by atoms with Crippen molar-refractivity contribution >= 4 is 11.9 Å². The van der Waals surface area contributed by atoms with E-state index < -0.39 is 17.9 Å². The zero-order valence-electron chi connectivity index (χ0n) is 14.2. The van der Waals surface area contributed by atoms with E-state index in [0.717, 1.165) is 17.1 Å². The number of esters is 1. The van der Waals surface area contributed by atoms with Gasteiger partial charge in [0.05, 0.1) is 12.2 Å². The topological polar surface area (TPSA) is 100 Å². The molecule has 0 saturated heterocycles. The van der Waals surface area contributed by atoms with Crippen LogP contribution in [0, 0.1) is 13.8 Å². The molecule has 1 aromatic heterocycles. The van der Waals surface area contributed by atoms with Gasteiger partial charge in [-0.3, -0.25) is 4.79 Å². The maximum absolute atomic E-state index is 12.5. The molecule has 6 nitrogen and oxygen atoms in total. The summed E-state index contributed by atoms with van der Waals surface area (Å²) in [5.74, 6) is -0.954. The van der Waals surface area contributed by atoms with E-state index in [9.17, 15) is 9.59 Å². The zero-order valence-corrected chi connectivity index (χ0v) is 14.2. The lowest BCUT2D eigenvalue weighted by atomic mass is 9.99. The molecule has 1 atom stereocenters. The molecule has 24 heavy (non-hydrogen) atoms. The molecule has 0 bridgehead atoms. The van der Waals surface area contributed by atoms with Crippen LogP contribution in [0.4, 0.5) is 0 Å². The summed E-state index contributed by atoms with van der Waals surface area (Å²) in [7, 11) is 0. The van der Waals surface area contributed by atoms with E-state index in [0.29, 0.717) is 11.1 Å². The first-order valence-electron chi connectivity index (χ1n) is 7.86. The molecule has 2 rings (SSSR count). The predicted molar refractivity (Wildman–Crippen MR) is 91.9 cm³/mol. The molecule has 6 heteroatoms. The molecule has 1 aromatic carbocycles. The first kappa shape index (κ1) is 17.7. The number of rotatable bonds is 6. The number of hydrogen-bond donors (Lipinski definition) is 2. The fraction of sp³-hybridized carbons (Fsp3) is 0.333. The van der Waals surface area contributed by atoms with Gasteiger partial charge in [0.15, 0.2) is 0 Å². The van der Waals surface area contributed by atoms with Gasteiger partial charge in [-0.2, -0.15) is 0 Å². The first-order valence-corrected chi connectivity index (χ1v) is 7.86. The molecule has 1 heterocycles. The zero-order chi connectivity index (χ0) is 17.9. The second-order valence-electron chi connectivity index (χ2n) is 5.63. The number of nitrogens with zero attached hydrogens (tertiary/aromatic N) is 1. The summed E-state index contributed by atoms with van der Waals surface area (Å²) in [6.07, 6.45) is -0.0362. The molecule has 0 aliphatic heterocycles. The fourth-order valence-corrected chi connectivity index (χ4v) is 3.06. The number of primary amides is 1. The highest BCUT2D eigenvalue weighted by Gasteiger charge is 2.28. The third-order valence-electron chi connectivity index (χ3n) is 3.98. The Morgan fingerprint density at radius 3 is 2.33 bits per heavy atom. The minimum atomic E-state index is -0.662. The van der Waals surface area contributed by atoms with Gasteiger partial charge < -0.3 is 20.8 Å². The van der Waals surface area contributed by atoms with E-state index in [1.165, 1.54) is 0 Å². The van der Waals surface area contributed by atoms with Crippen molar-refractivity contribution in [1.29, 1.82) is 0 Å². The lowest BCUT2D eigenvalue weighted by Gasteiger charge is -2.13. The van der Waals surface area contributed by atoms with E-state index in [4.69, 9.17) is 16.2 Å². The van der Waals surface area contributed by atoms with E-state index in [-0.39, 0.29) is 13.0 Å². The Morgan fingerprint density at radius 1 is 1.17 bits per heavy atom. The summed E-state index contributed by atoms with van der Waals surface area (Å²) in [5.41, 5.74) is 14.9. The van der Waals surface area contributed by atoms with Crippen LogP contribution in [-0.4, -0.2) is 23.1 Å². The van der Waals surface area contributed by atoms with Crippen LogP contribution in [0.15, 0.2) is 30.3 Å². The highest BCUT2D eigenvalue weighted by molar-refractivity contribution is 5.94. The molecular formula is C18H23N3O3. The Balaban J connectivity index is 2.67. The number of ether oxygens (including phenoxy) is 1. The van der Waals surface area contributed by atoms with Crippen LogP contribution in [0.2, 0.25) is 0 Å². The summed E-state index contributed by atoms with van der Waals surface area (Å²) >= 11 is 0. The lowest BCUT2D eigenvalue weighted by Crippen LogP contribution is -2.23. The second-order valence-corrected chi connectivity index (χ2v) is 5.63. The molecule has 4 N–H and O–H groups in total. The van der Waals surface area contributed by atoms with Gasteiger partial charge in [-0.1, -0.05) is 18.2 Å². The van der Waals surface area contributed by atoms with Crippen molar-refractivity contribution in [2.75, 3.05) is 6.61 Å². The van der Waals surface area contributed by atoms with Crippen molar-refractivity contribution in [3.05, 3.63) is 52.8 Å². The Bertz CT molecular complexity index is 751. The summed E-state index contributed by atoms with van der Waals surface area (Å²) in [5, 5.41) is 0. The standard InChI is InChI=1S/C18H23N3O3/c1-4-24-18(23)17-12(3)21(13-8-6-5-7-9-13)11(2)16(17)14(19)10-15(20)22/h5-9,14H,4,10,19H2,1-3H3,(H2,20,22). The number of carbonyl (C=O) groups excluding carboxylic acids is 2. The van der Waals surface area contributed by atoms with Gasteiger partial charge in [-0.05, 0) is 32.9 Å². The minimum Gasteiger partial charge on any atom is -0.462 e. The van der Waals surface area contributed by atoms with Crippen molar-refractivity contribution in [3.8, 4) is 5.69 Å². The number of hydrogen-bond acceptors (Lipinski definition) is 4. The molecule has 2 aromatic rings. The van der Waals surface area contributed by atoms with E-state index >= 15 is 0 Å². The predicted octanol–water partition coefficient (Wildman–Crippen LogP) is 2.15. The lowest BCUT2D eigenvalue weighted by molar-refractivity contribution is -0.118. The van der Waals surface area contributed by atoms with Crippen molar-refractivity contribution in [2.24, 2.45) is 11.5 Å². The summed E-state index contributed by atoms with van der Waals surface area (Å²) < 4.78 is 7.13. The summed E-state index contributed by atoms with van der Waals surface area (Å²) in [4.78, 5) is 23.7. The van der Waals surface area contributed by atoms with Gasteiger partial charge in [-0.25, -0.2) is 4.79 Å². The SMILES string of the molecule is CCOC(=O)c1c(C(N)CC(N)=O)c(C)n(-c2ccccc2)c1C. The molecule has 0 fully saturated rings. The van der Waals surface area contributed by atoms with Crippen LogP contribution >= 0.6 is 0 Å². The Hall–Kier alpha value is -2.60. The molecule has 1 amide bonds. The molecule has 0 aliphatic rings. The minimum absolute atomic E-state index is 0.0362. The average molecular weight is 329 g/mol. The molecule has 0 spiro atoms. The number of nitrogens with two attached hydrogens (primary N) is 2. The van der Waals surface area contributed by atoms with Crippen molar-refractivity contribution in [2.45, 2.75) is 33.2 Å². The highest BCUT2D eigenvalue weighted by atomic mass is 16.5. The Kier molecular flexibility index (Phi) is 5.41. The van der Waals surface area contributed by atoms with Crippen LogP contribution in [0.25, 0.3) is 5.69 Å². The number of aromatic nitrogens is 1. The van der Waals surface area contributed by atoms with Crippen molar-refractivity contribution < 1.29 is 14.3 Å². The maximum Gasteiger partial charge on any atom is 0.340 e. The van der Waals surface area contributed by atoms with Gasteiger partial charge in [0.25, 0.3) is 0 Å². The Morgan fingerprint density at radius 2 is 1.79 bits per heavy atom. The Labute approximate surface area is 141 Å². The largest absolute Gasteiger partial charge is 0.462 e. The molecular weight excluding hydrogens is 306 g/mol. The molecule has 0 saturated carbocycles. The smallest absolute Gasteiger partial charge is 0.340 e. The number of carbonyl (C=O) groups is 2. The van der Waals surface area contributed by atoms with Gasteiger partial charge in [0.1, 0.15) is 0 Å². The van der Waals surface area contributed by atoms with Crippen LogP contribution in [0.5, 0.6) is 0 Å². The summed E-state index contributed by atoms with van der Waals surface area (Å²) in [6.45, 7) is 5.72. The highest BCUT2D eigenvalue weighted by Crippen LogP contribution is 2.31. The number of benzene rings is 1. The summed E-state index contributed by atoms with van der Waals surface area (Å²) in [6, 6.07) is 8.98.